The van der Waals surface area contributed by atoms with Crippen molar-refractivity contribution >= 4 is 12.0 Å². The first kappa shape index (κ1) is 19.9. The van der Waals surface area contributed by atoms with Gasteiger partial charge in [0, 0.05) is 31.5 Å². The summed E-state index contributed by atoms with van der Waals surface area (Å²) in [5.74, 6) is -0.117. The highest BCUT2D eigenvalue weighted by Gasteiger charge is 2.18. The molecule has 26 heavy (non-hydrogen) atoms. The van der Waals surface area contributed by atoms with Crippen LogP contribution in [0.2, 0.25) is 0 Å². The average molecular weight is 364 g/mol. The largest absolute Gasteiger partial charge is 0.444 e. The van der Waals surface area contributed by atoms with Crippen LogP contribution in [0.1, 0.15) is 56.9 Å². The molecule has 0 fully saturated rings. The van der Waals surface area contributed by atoms with E-state index in [4.69, 9.17) is 4.74 Å². The quantitative estimate of drug-likeness (QED) is 0.657. The van der Waals surface area contributed by atoms with Crippen molar-refractivity contribution in [3.63, 3.8) is 0 Å². The number of fused-ring (bicyclic) bond motifs is 1. The molecule has 0 aliphatic heterocycles. The molecule has 144 valence electrons. The molecular formula is C18H28N4O4. The van der Waals surface area contributed by atoms with Gasteiger partial charge in [-0.3, -0.25) is 9.59 Å². The van der Waals surface area contributed by atoms with Crippen molar-refractivity contribution in [1.29, 1.82) is 0 Å². The first-order valence-corrected chi connectivity index (χ1v) is 9.09. The first-order valence-electron chi connectivity index (χ1n) is 9.09. The molecule has 3 N–H and O–H groups in total. The highest BCUT2D eigenvalue weighted by atomic mass is 16.6. The molecule has 2 rings (SSSR count). The fraction of sp³-hybridized carbons (Fsp3) is 0.667. The van der Waals surface area contributed by atoms with Crippen LogP contribution in [-0.2, 0) is 28.8 Å². The number of aromatic nitrogens is 2. The van der Waals surface area contributed by atoms with Crippen LogP contribution >= 0.6 is 0 Å². The van der Waals surface area contributed by atoms with Gasteiger partial charge in [-0.2, -0.15) is 5.10 Å². The van der Waals surface area contributed by atoms with Crippen molar-refractivity contribution in [3.05, 3.63) is 27.2 Å². The van der Waals surface area contributed by atoms with Crippen LogP contribution in [0.25, 0.3) is 0 Å². The molecule has 2 amide bonds. The number of aryl methyl sites for hydroxylation is 1. The Morgan fingerprint density at radius 3 is 2.46 bits per heavy atom. The number of carbonyl (C=O) groups is 2. The highest BCUT2D eigenvalue weighted by Crippen LogP contribution is 2.20. The van der Waals surface area contributed by atoms with E-state index in [9.17, 15) is 14.4 Å². The molecule has 0 atom stereocenters. The summed E-state index contributed by atoms with van der Waals surface area (Å²) in [6, 6.07) is 0. The second-order valence-electron chi connectivity index (χ2n) is 7.44. The van der Waals surface area contributed by atoms with E-state index in [-0.39, 0.29) is 17.9 Å². The Balaban J connectivity index is 1.73. The molecule has 0 aromatic carbocycles. The summed E-state index contributed by atoms with van der Waals surface area (Å²) in [6.07, 6.45) is 3.97. The number of H-pyrrole nitrogens is 1. The monoisotopic (exact) mass is 364 g/mol. The number of hydrogen-bond donors (Lipinski definition) is 3. The van der Waals surface area contributed by atoms with E-state index in [2.05, 4.69) is 20.8 Å². The number of alkyl carbamates (subject to hydrolysis) is 1. The van der Waals surface area contributed by atoms with Gasteiger partial charge in [-0.15, -0.1) is 0 Å². The van der Waals surface area contributed by atoms with Crippen molar-refractivity contribution in [2.24, 2.45) is 0 Å². The number of amides is 2. The zero-order valence-electron chi connectivity index (χ0n) is 15.7. The average Bonchev–Trinajstić information content (AvgIpc) is 2.57. The Labute approximate surface area is 153 Å². The van der Waals surface area contributed by atoms with E-state index in [1.807, 2.05) is 0 Å². The Morgan fingerprint density at radius 2 is 1.77 bits per heavy atom. The Hall–Kier alpha value is -2.38. The van der Waals surface area contributed by atoms with E-state index >= 15 is 0 Å². The van der Waals surface area contributed by atoms with Crippen LogP contribution in [0.4, 0.5) is 4.79 Å². The number of nitrogens with zero attached hydrogens (tertiary/aromatic N) is 1. The number of rotatable bonds is 6. The number of nitrogens with one attached hydrogen (secondary N) is 3. The molecule has 0 saturated heterocycles. The van der Waals surface area contributed by atoms with E-state index < -0.39 is 11.7 Å². The van der Waals surface area contributed by atoms with Gasteiger partial charge >= 0.3 is 6.09 Å². The molecule has 1 aromatic rings. The highest BCUT2D eigenvalue weighted by molar-refractivity contribution is 5.76. The van der Waals surface area contributed by atoms with Gasteiger partial charge < -0.3 is 15.4 Å². The molecule has 0 unspecified atom stereocenters. The predicted molar refractivity (Wildman–Crippen MR) is 97.1 cm³/mol. The van der Waals surface area contributed by atoms with Gasteiger partial charge in [-0.1, -0.05) is 0 Å². The Bertz CT molecular complexity index is 706. The molecule has 0 radical (unpaired) electrons. The molecule has 1 aliphatic rings. The molecule has 8 heteroatoms. The number of hydrogen-bond acceptors (Lipinski definition) is 5. The van der Waals surface area contributed by atoms with Crippen molar-refractivity contribution in [1.82, 2.24) is 20.8 Å². The lowest BCUT2D eigenvalue weighted by molar-refractivity contribution is -0.121. The zero-order chi connectivity index (χ0) is 19.2. The van der Waals surface area contributed by atoms with Gasteiger partial charge in [0.1, 0.15) is 5.60 Å². The van der Waals surface area contributed by atoms with Gasteiger partial charge in [0.05, 0.1) is 5.69 Å². The minimum Gasteiger partial charge on any atom is -0.444 e. The van der Waals surface area contributed by atoms with Crippen LogP contribution in [-0.4, -0.2) is 40.9 Å². The molecule has 0 saturated carbocycles. The summed E-state index contributed by atoms with van der Waals surface area (Å²) in [5, 5.41) is 12.0. The topological polar surface area (TPSA) is 113 Å². The maximum atomic E-state index is 12.0. The minimum atomic E-state index is -0.546. The smallest absolute Gasteiger partial charge is 0.407 e. The molecule has 0 spiro atoms. The standard InChI is InChI=1S/C18H28N4O4/c1-18(2,3)26-17(25)20-11-10-19-15(23)9-8-14-12-6-4-5-7-13(12)16(24)22-21-14/h4-11H2,1-3H3,(H,19,23)(H,20,25)(H,22,24). The number of aromatic amines is 1. The summed E-state index contributed by atoms with van der Waals surface area (Å²) in [7, 11) is 0. The van der Waals surface area contributed by atoms with Gasteiger partial charge in [0.25, 0.3) is 5.56 Å². The lowest BCUT2D eigenvalue weighted by Crippen LogP contribution is -2.38. The maximum absolute atomic E-state index is 12.0. The summed E-state index contributed by atoms with van der Waals surface area (Å²) in [5.41, 5.74) is 1.99. The second kappa shape index (κ2) is 8.82. The van der Waals surface area contributed by atoms with E-state index in [1.165, 1.54) is 0 Å². The number of ether oxygens (including phenoxy) is 1. The van der Waals surface area contributed by atoms with Gasteiger partial charge in [-0.25, -0.2) is 9.89 Å². The fourth-order valence-corrected chi connectivity index (χ4v) is 2.94. The van der Waals surface area contributed by atoms with Crippen LogP contribution in [0.15, 0.2) is 4.79 Å². The lowest BCUT2D eigenvalue weighted by Gasteiger charge is -2.19. The maximum Gasteiger partial charge on any atom is 0.407 e. The molecule has 1 heterocycles. The van der Waals surface area contributed by atoms with E-state index in [0.717, 1.165) is 42.5 Å². The Kier molecular flexibility index (Phi) is 6.76. The van der Waals surface area contributed by atoms with Crippen molar-refractivity contribution < 1.29 is 14.3 Å². The lowest BCUT2D eigenvalue weighted by atomic mass is 9.91. The third kappa shape index (κ3) is 6.16. The van der Waals surface area contributed by atoms with E-state index in [0.29, 0.717) is 19.5 Å². The summed E-state index contributed by atoms with van der Waals surface area (Å²) in [6.45, 7) is 6.00. The minimum absolute atomic E-state index is 0.110. The predicted octanol–water partition coefficient (Wildman–Crippen LogP) is 1.22. The normalized spacial score (nSPS) is 13.7. The van der Waals surface area contributed by atoms with Crippen molar-refractivity contribution in [2.75, 3.05) is 13.1 Å². The van der Waals surface area contributed by atoms with Crippen LogP contribution < -0.4 is 16.2 Å². The summed E-state index contributed by atoms with van der Waals surface area (Å²) < 4.78 is 5.11. The molecule has 1 aliphatic carbocycles. The summed E-state index contributed by atoms with van der Waals surface area (Å²) in [4.78, 5) is 35.3. The second-order valence-corrected chi connectivity index (χ2v) is 7.44. The van der Waals surface area contributed by atoms with Crippen LogP contribution in [0.3, 0.4) is 0 Å². The fourth-order valence-electron chi connectivity index (χ4n) is 2.94. The summed E-state index contributed by atoms with van der Waals surface area (Å²) >= 11 is 0. The molecular weight excluding hydrogens is 336 g/mol. The van der Waals surface area contributed by atoms with Crippen molar-refractivity contribution in [2.45, 2.75) is 64.9 Å². The molecule has 0 bridgehead atoms. The molecule has 8 nitrogen and oxygen atoms in total. The SMILES string of the molecule is CC(C)(C)OC(=O)NCCNC(=O)CCc1n[nH]c(=O)c2c1CCCC2. The zero-order valence-corrected chi connectivity index (χ0v) is 15.7. The van der Waals surface area contributed by atoms with E-state index in [1.54, 1.807) is 20.8 Å². The van der Waals surface area contributed by atoms with Crippen molar-refractivity contribution in [3.8, 4) is 0 Å². The third-order valence-corrected chi connectivity index (χ3v) is 4.09. The van der Waals surface area contributed by atoms with Gasteiger partial charge in [-0.05, 0) is 52.0 Å². The van der Waals surface area contributed by atoms with Gasteiger partial charge in [0.15, 0.2) is 0 Å². The van der Waals surface area contributed by atoms with Gasteiger partial charge in [0.2, 0.25) is 5.91 Å². The Morgan fingerprint density at radius 1 is 1.12 bits per heavy atom. The van der Waals surface area contributed by atoms with Crippen LogP contribution in [0, 0.1) is 0 Å². The molecule has 1 aromatic heterocycles. The third-order valence-electron chi connectivity index (χ3n) is 4.09. The first-order chi connectivity index (χ1) is 12.3. The number of carbonyl (C=O) groups excluding carboxylic acids is 2. The van der Waals surface area contributed by atoms with Crippen LogP contribution in [0.5, 0.6) is 0 Å².